The van der Waals surface area contributed by atoms with E-state index in [-0.39, 0.29) is 0 Å². The fourth-order valence-electron chi connectivity index (χ4n) is 3.15. The molecule has 0 aliphatic carbocycles. The standard InChI is InChI=1S/4C5H9.Sn/c4*1-4-5(2)3;/h4*4H,2H2,1,3H3;. The molecule has 0 unspecified atom stereocenters. The third-order valence-corrected chi connectivity index (χ3v) is 19.5. The van der Waals surface area contributed by atoms with Gasteiger partial charge in [0.1, 0.15) is 0 Å². The van der Waals surface area contributed by atoms with E-state index < -0.39 is 18.4 Å². The van der Waals surface area contributed by atoms with Crippen LogP contribution in [0.3, 0.4) is 0 Å². The molecule has 0 heterocycles. The SMILES string of the molecule is CC=C(C)[CH2][Sn]([CH2]C(C)=CC)([CH2]C(C)=CC)[CH2]C(C)=CC. The average molecular weight is 395 g/mol. The Hall–Kier alpha value is -0.241. The van der Waals surface area contributed by atoms with Crippen molar-refractivity contribution in [1.29, 1.82) is 0 Å². The van der Waals surface area contributed by atoms with Gasteiger partial charge in [-0.2, -0.15) is 0 Å². The Bertz CT molecular complexity index is 347. The van der Waals surface area contributed by atoms with Crippen molar-refractivity contribution in [3.63, 3.8) is 0 Å². The minimum absolute atomic E-state index is 1.40. The van der Waals surface area contributed by atoms with Crippen LogP contribution >= 0.6 is 0 Å². The molecule has 0 atom stereocenters. The summed E-state index contributed by atoms with van der Waals surface area (Å²) < 4.78 is 5.58. The van der Waals surface area contributed by atoms with Crippen molar-refractivity contribution in [3.8, 4) is 0 Å². The fourth-order valence-corrected chi connectivity index (χ4v) is 21.1. The molecule has 0 amide bonds. The van der Waals surface area contributed by atoms with E-state index in [2.05, 4.69) is 79.7 Å². The molecule has 0 aliphatic rings. The molecule has 0 N–H and O–H groups in total. The Morgan fingerprint density at radius 3 is 0.857 bits per heavy atom. The van der Waals surface area contributed by atoms with Crippen LogP contribution in [0, 0.1) is 0 Å². The zero-order valence-electron chi connectivity index (χ0n) is 15.6. The summed E-state index contributed by atoms with van der Waals surface area (Å²) in [6.07, 6.45) is 9.30. The van der Waals surface area contributed by atoms with Gasteiger partial charge in [-0.25, -0.2) is 0 Å². The monoisotopic (exact) mass is 396 g/mol. The van der Waals surface area contributed by atoms with Crippen molar-refractivity contribution in [3.05, 3.63) is 46.6 Å². The first-order valence-corrected chi connectivity index (χ1v) is 16.4. The first-order valence-electron chi connectivity index (χ1n) is 8.29. The Morgan fingerprint density at radius 1 is 0.524 bits per heavy atom. The van der Waals surface area contributed by atoms with Crippen molar-refractivity contribution >= 4 is 18.4 Å². The molecule has 120 valence electrons. The van der Waals surface area contributed by atoms with E-state index in [1.54, 1.807) is 22.3 Å². The van der Waals surface area contributed by atoms with Gasteiger partial charge in [0.15, 0.2) is 0 Å². The number of hydrogen-bond acceptors (Lipinski definition) is 0. The molecule has 0 bridgehead atoms. The van der Waals surface area contributed by atoms with Crippen LogP contribution < -0.4 is 0 Å². The fraction of sp³-hybridized carbons (Fsp3) is 0.600. The molecular formula is C20H36Sn. The zero-order valence-corrected chi connectivity index (χ0v) is 18.5. The molecule has 0 aromatic rings. The van der Waals surface area contributed by atoms with Gasteiger partial charge in [-0.15, -0.1) is 0 Å². The van der Waals surface area contributed by atoms with E-state index in [1.807, 2.05) is 0 Å². The summed E-state index contributed by atoms with van der Waals surface area (Å²) in [5.74, 6) is 0. The van der Waals surface area contributed by atoms with Crippen LogP contribution in [-0.2, 0) is 0 Å². The van der Waals surface area contributed by atoms with Crippen LogP contribution in [0.1, 0.15) is 55.4 Å². The van der Waals surface area contributed by atoms with Crippen LogP contribution in [0.25, 0.3) is 0 Å². The predicted molar refractivity (Wildman–Crippen MR) is 103 cm³/mol. The summed E-state index contributed by atoms with van der Waals surface area (Å²) >= 11 is -2.29. The van der Waals surface area contributed by atoms with Gasteiger partial charge in [-0.1, -0.05) is 0 Å². The summed E-state index contributed by atoms with van der Waals surface area (Å²) in [5, 5.41) is 0. The quantitative estimate of drug-likeness (QED) is 0.299. The maximum absolute atomic E-state index is 2.33. The molecule has 0 rings (SSSR count). The maximum atomic E-state index is 2.33. The molecule has 0 spiro atoms. The van der Waals surface area contributed by atoms with Gasteiger partial charge in [-0.3, -0.25) is 0 Å². The second-order valence-corrected chi connectivity index (χ2v) is 19.3. The molecule has 0 aromatic heterocycles. The van der Waals surface area contributed by atoms with Crippen molar-refractivity contribution in [2.45, 2.75) is 73.1 Å². The van der Waals surface area contributed by atoms with Crippen LogP contribution in [0.2, 0.25) is 17.7 Å². The molecule has 0 aromatic carbocycles. The van der Waals surface area contributed by atoms with Crippen LogP contribution in [0.5, 0.6) is 0 Å². The van der Waals surface area contributed by atoms with Crippen LogP contribution in [0.15, 0.2) is 46.6 Å². The first kappa shape index (κ1) is 20.8. The van der Waals surface area contributed by atoms with Gasteiger partial charge in [0.05, 0.1) is 0 Å². The molecule has 0 radical (unpaired) electrons. The summed E-state index contributed by atoms with van der Waals surface area (Å²) in [6, 6.07) is 0. The topological polar surface area (TPSA) is 0 Å². The van der Waals surface area contributed by atoms with Gasteiger partial charge >= 0.3 is 138 Å². The van der Waals surface area contributed by atoms with Gasteiger partial charge in [0.2, 0.25) is 0 Å². The Labute approximate surface area is 138 Å². The molecule has 0 fully saturated rings. The minimum atomic E-state index is -2.29. The van der Waals surface area contributed by atoms with Crippen LogP contribution in [0.4, 0.5) is 0 Å². The Balaban J connectivity index is 5.66. The molecule has 0 saturated heterocycles. The molecule has 21 heavy (non-hydrogen) atoms. The second kappa shape index (κ2) is 10.5. The zero-order chi connectivity index (χ0) is 16.5. The van der Waals surface area contributed by atoms with E-state index in [4.69, 9.17) is 0 Å². The van der Waals surface area contributed by atoms with E-state index in [0.717, 1.165) is 0 Å². The predicted octanol–water partition coefficient (Wildman–Crippen LogP) is 7.30. The first-order chi connectivity index (χ1) is 9.82. The number of rotatable bonds is 8. The molecule has 1 heteroatoms. The van der Waals surface area contributed by atoms with Gasteiger partial charge in [0.25, 0.3) is 0 Å². The van der Waals surface area contributed by atoms with E-state index in [0.29, 0.717) is 0 Å². The van der Waals surface area contributed by atoms with Gasteiger partial charge < -0.3 is 0 Å². The summed E-state index contributed by atoms with van der Waals surface area (Å²) in [4.78, 5) is 0. The molecule has 0 aliphatic heterocycles. The molecule has 0 nitrogen and oxygen atoms in total. The van der Waals surface area contributed by atoms with Gasteiger partial charge in [0, 0.05) is 0 Å². The van der Waals surface area contributed by atoms with Crippen LogP contribution in [-0.4, -0.2) is 18.4 Å². The number of hydrogen-bond donors (Lipinski definition) is 0. The van der Waals surface area contributed by atoms with E-state index in [1.165, 1.54) is 17.7 Å². The van der Waals surface area contributed by atoms with Crippen molar-refractivity contribution in [2.75, 3.05) is 0 Å². The Morgan fingerprint density at radius 2 is 0.714 bits per heavy atom. The molecular weight excluding hydrogens is 359 g/mol. The van der Waals surface area contributed by atoms with Crippen molar-refractivity contribution in [1.82, 2.24) is 0 Å². The van der Waals surface area contributed by atoms with Crippen molar-refractivity contribution in [2.24, 2.45) is 0 Å². The summed E-state index contributed by atoms with van der Waals surface area (Å²) in [7, 11) is 0. The number of allylic oxidation sites excluding steroid dienone is 8. The van der Waals surface area contributed by atoms with E-state index >= 15 is 0 Å². The third-order valence-electron chi connectivity index (χ3n) is 4.59. The summed E-state index contributed by atoms with van der Waals surface area (Å²) in [6.45, 7) is 18.1. The van der Waals surface area contributed by atoms with E-state index in [9.17, 15) is 0 Å². The average Bonchev–Trinajstić information content (AvgIpc) is 2.46. The second-order valence-electron chi connectivity index (χ2n) is 6.75. The summed E-state index contributed by atoms with van der Waals surface area (Å²) in [5.41, 5.74) is 6.40. The van der Waals surface area contributed by atoms with Gasteiger partial charge in [-0.05, 0) is 0 Å². The molecule has 0 saturated carbocycles. The third kappa shape index (κ3) is 8.09. The Kier molecular flexibility index (Phi) is 10.4. The normalized spacial score (nSPS) is 17.9. The van der Waals surface area contributed by atoms with Crippen molar-refractivity contribution < 1.29 is 0 Å².